The molecule has 692 valence electrons. The molecule has 3 aromatic carbocycles. The maximum Gasteiger partial charge on any atom is 0.307 e. The Morgan fingerprint density at radius 1 is 0.452 bits per heavy atom. The van der Waals surface area contributed by atoms with Crippen LogP contribution in [-0.2, 0) is 135 Å². The van der Waals surface area contributed by atoms with Crippen LogP contribution in [0.1, 0.15) is 190 Å². The molecular formula is C88H133N8O25PS2. The summed E-state index contributed by atoms with van der Waals surface area (Å²) in [5.41, 5.74) is 0.309. The van der Waals surface area contributed by atoms with Gasteiger partial charge in [-0.15, -0.1) is 0 Å². The maximum absolute atomic E-state index is 15.9. The number of benzene rings is 3. The maximum atomic E-state index is 15.9. The van der Waals surface area contributed by atoms with Crippen molar-refractivity contribution in [2.45, 2.75) is 240 Å². The predicted molar refractivity (Wildman–Crippen MR) is 466 cm³/mol. The van der Waals surface area contributed by atoms with Crippen molar-refractivity contribution in [3.8, 4) is 11.5 Å². The molecule has 6 N–H and O–H groups in total. The third-order valence-corrected chi connectivity index (χ3v) is 23.8. The van der Waals surface area contributed by atoms with E-state index in [0.29, 0.717) is 73.1 Å². The quantitative estimate of drug-likeness (QED) is 0.00721. The van der Waals surface area contributed by atoms with Crippen LogP contribution < -0.4 is 40.8 Å². The number of carbonyl (C=O) groups excluding carboxylic acids is 12. The Balaban J connectivity index is 1.26. The van der Waals surface area contributed by atoms with Gasteiger partial charge in [-0.1, -0.05) is 113 Å². The molecule has 0 spiro atoms. The van der Waals surface area contributed by atoms with Crippen molar-refractivity contribution in [2.24, 2.45) is 35.5 Å². The van der Waals surface area contributed by atoms with Crippen LogP contribution in [0.5, 0.6) is 11.5 Å². The summed E-state index contributed by atoms with van der Waals surface area (Å²) in [4.78, 5) is 161. The third kappa shape index (κ3) is 34.7. The van der Waals surface area contributed by atoms with E-state index in [1.165, 1.54) is 46.4 Å². The van der Waals surface area contributed by atoms with Gasteiger partial charge in [0.15, 0.2) is 18.9 Å². The summed E-state index contributed by atoms with van der Waals surface area (Å²) in [5.74, 6) is -4.65. The van der Waals surface area contributed by atoms with Gasteiger partial charge >= 0.3 is 23.9 Å². The van der Waals surface area contributed by atoms with E-state index in [1.807, 2.05) is 96.1 Å². The molecule has 6 rings (SSSR count). The molecule has 124 heavy (non-hydrogen) atoms. The first kappa shape index (κ1) is 104. The van der Waals surface area contributed by atoms with Gasteiger partial charge in [-0.3, -0.25) is 57.5 Å². The third-order valence-electron chi connectivity index (χ3n) is 22.8. The summed E-state index contributed by atoms with van der Waals surface area (Å²) in [6.45, 7) is 20.4. The number of hydrogen-bond donors (Lipinski definition) is 7. The minimum atomic E-state index is -1.69. The fourth-order valence-corrected chi connectivity index (χ4v) is 16.3. The zero-order valence-electron chi connectivity index (χ0n) is 74.3. The lowest BCUT2D eigenvalue weighted by molar-refractivity contribution is -0.244. The second-order valence-corrected chi connectivity index (χ2v) is 36.2. The molecular weight excluding hydrogens is 1660 g/mol. The molecule has 0 aromatic heterocycles. The van der Waals surface area contributed by atoms with E-state index in [-0.39, 0.29) is 188 Å². The topological polar surface area (TPSA) is 403 Å². The van der Waals surface area contributed by atoms with Gasteiger partial charge in [0, 0.05) is 126 Å². The molecule has 3 heterocycles. The van der Waals surface area contributed by atoms with Crippen molar-refractivity contribution in [3.05, 3.63) is 95.6 Å². The lowest BCUT2D eigenvalue weighted by atomic mass is 9.80. The van der Waals surface area contributed by atoms with Crippen molar-refractivity contribution in [1.29, 1.82) is 0 Å². The molecule has 17 unspecified atom stereocenters. The lowest BCUT2D eigenvalue weighted by Gasteiger charge is -2.44. The molecule has 3 aliphatic heterocycles. The molecule has 3 aromatic rings. The summed E-state index contributed by atoms with van der Waals surface area (Å²) >= 11 is 5.18. The number of hydrogen-bond acceptors (Lipinski definition) is 26. The summed E-state index contributed by atoms with van der Waals surface area (Å²) < 4.78 is 80.7. The molecule has 0 aliphatic carbocycles. The van der Waals surface area contributed by atoms with Crippen molar-refractivity contribution < 1.29 is 119 Å². The molecule has 3 aliphatic rings. The van der Waals surface area contributed by atoms with Gasteiger partial charge in [0.05, 0.1) is 63.7 Å². The van der Waals surface area contributed by atoms with E-state index in [9.17, 15) is 52.7 Å². The predicted octanol–water partition coefficient (Wildman–Crippen LogP) is 7.42. The average molecular weight is 1800 g/mol. The monoisotopic (exact) mass is 1800 g/mol. The van der Waals surface area contributed by atoms with E-state index >= 15 is 4.79 Å². The van der Waals surface area contributed by atoms with E-state index < -0.39 is 125 Å². The summed E-state index contributed by atoms with van der Waals surface area (Å²) in [5, 5.41) is 14.8. The van der Waals surface area contributed by atoms with E-state index in [1.54, 1.807) is 43.4 Å². The van der Waals surface area contributed by atoms with Gasteiger partial charge in [0.25, 0.3) is 5.91 Å². The molecule has 33 nitrogen and oxygen atoms in total. The van der Waals surface area contributed by atoms with Crippen LogP contribution in [0.2, 0.25) is 0 Å². The minimum Gasteiger partial charge on any atom is -0.497 e. The van der Waals surface area contributed by atoms with Crippen LogP contribution in [0.4, 0.5) is 0 Å². The summed E-state index contributed by atoms with van der Waals surface area (Å²) in [6.07, 6.45) is -3.15. The Bertz CT molecular complexity index is 3920. The number of methoxy groups -OCH3 is 2. The van der Waals surface area contributed by atoms with Crippen LogP contribution >= 0.6 is 8.02 Å². The molecule has 0 radical (unpaired) electrons. The van der Waals surface area contributed by atoms with Gasteiger partial charge in [0.2, 0.25) is 47.5 Å². The molecule has 3 saturated heterocycles. The number of nitrogens with zero attached hydrogens (tertiary/aromatic N) is 2. The Labute approximate surface area is 737 Å². The number of carbonyl (C=O) groups is 12. The highest BCUT2D eigenvalue weighted by molar-refractivity contribution is 8.38. The Morgan fingerprint density at radius 2 is 0.823 bits per heavy atom. The Hall–Kier alpha value is -8.51. The van der Waals surface area contributed by atoms with Crippen LogP contribution in [0.15, 0.2) is 78.9 Å². The SMILES string of the molecule is COc1ccc(C(OCC(OC(=O)CCC(=O)N[SH](=P)=S)C(=O)N(CCCNC(=O)CCCCOC2OC(COC(C)=O)C(C)C(C)C2NC(C)=O)CCCN(CCCNC(=O)CCCCOC2OC(COC(C)=O)C(C)C(C)C2NC(C)=O)C(=O)CCCCOC2OC(COC(C)=O)C(C)C(C)C2NC(C)=O)(c2ccccc2)c2ccc(OC)cc2)cc1. The number of esters is 4. The van der Waals surface area contributed by atoms with Gasteiger partial charge in [0.1, 0.15) is 36.9 Å². The van der Waals surface area contributed by atoms with Crippen molar-refractivity contribution >= 4 is 99.2 Å². The highest BCUT2D eigenvalue weighted by Crippen LogP contribution is 2.43. The number of rotatable bonds is 53. The van der Waals surface area contributed by atoms with E-state index in [2.05, 4.69) is 39.3 Å². The van der Waals surface area contributed by atoms with Crippen LogP contribution in [0, 0.1) is 35.5 Å². The van der Waals surface area contributed by atoms with Gasteiger partial charge in [-0.05, 0) is 145 Å². The second kappa shape index (κ2) is 54.5. The Kier molecular flexibility index (Phi) is 45.8. The van der Waals surface area contributed by atoms with E-state index in [0.717, 1.165) is 0 Å². The smallest absolute Gasteiger partial charge is 0.307 e. The highest BCUT2D eigenvalue weighted by atomic mass is 32.9. The van der Waals surface area contributed by atoms with E-state index in [4.69, 9.17) is 72.8 Å². The minimum absolute atomic E-state index is 0.00905. The standard InChI is InChI=1S/C88H133N8O25PS2/c1-55-58(4)81(91-61(7)97)85(119-72(55)51-114-64(10)100)111-48-21-18-29-76(103)89-42-24-44-95(79(106)31-20-23-50-113-87-83(93-63(9)99)60(6)57(3)74(121-87)53-116-66(12)102)46-26-47-96(45-25-43-90-77(104)30-19-22-49-112-86-82(92-62(8)98)59(5)56(2)73(120-86)52-115-65(11)101)84(108)75(118-80(107)41-40-78(105)94-124(122)123)54-117-88(67-27-16-15-17-28-67,68-32-36-70(109-13)37-33-68)69-34-38-71(110-14)39-35-69/h15-17,27-28,32-39,55-60,72-75,81-83,85-87,122,124H,18-26,29-31,40-54H2,1-14H3,(H,89,103)(H,90,104)(H,91,97)(H,92,98)(H,93,99)(H,94,105,123). The molecule has 36 heteroatoms. The largest absolute Gasteiger partial charge is 0.497 e. The molecule has 3 fully saturated rings. The average Bonchev–Trinajstić information content (AvgIpc) is 0.751. The molecule has 8 amide bonds. The first-order valence-corrected chi connectivity index (χ1v) is 46.6. The lowest BCUT2D eigenvalue weighted by Crippen LogP contribution is -2.58. The van der Waals surface area contributed by atoms with Gasteiger partial charge in [-0.2, -0.15) is 0 Å². The summed E-state index contributed by atoms with van der Waals surface area (Å²) in [7, 11) is 4.85. The zero-order valence-corrected chi connectivity index (χ0v) is 77.0. The fourth-order valence-electron chi connectivity index (χ4n) is 15.3. The van der Waals surface area contributed by atoms with Crippen LogP contribution in [0.25, 0.3) is 0 Å². The number of amides is 8. The summed E-state index contributed by atoms with van der Waals surface area (Å²) in [6, 6.07) is 22.2. The van der Waals surface area contributed by atoms with Crippen LogP contribution in [-0.4, -0.2) is 242 Å². The second-order valence-electron chi connectivity index (χ2n) is 31.9. The number of thiol groups is 1. The first-order valence-electron chi connectivity index (χ1n) is 42.9. The normalized spacial score (nSPS) is 22.8. The fraction of sp³-hybridized carbons (Fsp3) is 0.659. The van der Waals surface area contributed by atoms with Crippen molar-refractivity contribution in [3.63, 3.8) is 0 Å². The van der Waals surface area contributed by atoms with Gasteiger partial charge < -0.3 is 103 Å². The molecule has 0 saturated carbocycles. The number of nitrogens with one attached hydrogen (secondary N) is 6. The van der Waals surface area contributed by atoms with Crippen molar-refractivity contribution in [1.82, 2.24) is 41.1 Å². The number of ether oxygens (including phenoxy) is 13. The Morgan fingerprint density at radius 3 is 1.20 bits per heavy atom. The highest BCUT2D eigenvalue weighted by Gasteiger charge is 2.47. The van der Waals surface area contributed by atoms with Gasteiger partial charge in [-0.25, -0.2) is 0 Å². The first-order chi connectivity index (χ1) is 59.1. The molecule has 17 atom stereocenters. The number of unbranched alkanes of at least 4 members (excludes halogenated alkanes) is 3. The molecule has 0 bridgehead atoms. The zero-order chi connectivity index (χ0) is 91.0. The van der Waals surface area contributed by atoms with Crippen molar-refractivity contribution in [2.75, 3.05) is 99.7 Å². The van der Waals surface area contributed by atoms with Crippen LogP contribution in [0.3, 0.4) is 0 Å².